The Morgan fingerprint density at radius 3 is 2.21 bits per heavy atom. The molecule has 1 aromatic carbocycles. The number of nitrogens with two attached hydrogens (primary N) is 1. The van der Waals surface area contributed by atoms with Crippen LogP contribution >= 0.6 is 23.2 Å². The van der Waals surface area contributed by atoms with Crippen molar-refractivity contribution in [2.45, 2.75) is 0 Å². The minimum atomic E-state index is -0.770. The lowest BCUT2D eigenvalue weighted by Gasteiger charge is -2.14. The largest absolute Gasteiger partial charge is 0.384 e. The molecule has 2 aromatic rings. The van der Waals surface area contributed by atoms with E-state index in [1.165, 1.54) is 0 Å². The first-order chi connectivity index (χ1) is 11.2. The predicted molar refractivity (Wildman–Crippen MR) is 84.9 cm³/mol. The van der Waals surface area contributed by atoms with Crippen molar-refractivity contribution in [2.24, 2.45) is 0 Å². The highest BCUT2D eigenvalue weighted by molar-refractivity contribution is 6.38. The van der Waals surface area contributed by atoms with Gasteiger partial charge < -0.3 is 5.73 Å². The second kappa shape index (κ2) is 5.32. The maximum Gasteiger partial charge on any atom is 0.272 e. The summed E-state index contributed by atoms with van der Waals surface area (Å²) in [6.07, 6.45) is 0. The Hall–Kier alpha value is -2.91. The Balaban J connectivity index is 2.36. The summed E-state index contributed by atoms with van der Waals surface area (Å²) in [6, 6.07) is 2.90. The van der Waals surface area contributed by atoms with Crippen LogP contribution in [0.2, 0.25) is 10.0 Å². The molecule has 0 saturated carbocycles. The van der Waals surface area contributed by atoms with Crippen LogP contribution in [0.25, 0.3) is 5.69 Å². The van der Waals surface area contributed by atoms with Gasteiger partial charge in [-0.05, 0) is 0 Å². The van der Waals surface area contributed by atoms with Gasteiger partial charge in [0.15, 0.2) is 0 Å². The molecule has 0 saturated heterocycles. The Bertz CT molecular complexity index is 991. The van der Waals surface area contributed by atoms with E-state index in [1.54, 1.807) is 0 Å². The summed E-state index contributed by atoms with van der Waals surface area (Å²) in [7, 11) is 0. The highest BCUT2D eigenvalue weighted by atomic mass is 35.5. The number of fused-ring (bicyclic) bond motifs is 1. The summed E-state index contributed by atoms with van der Waals surface area (Å²) < 4.78 is 0.825. The Labute approximate surface area is 142 Å². The quantitative estimate of drug-likeness (QED) is 0.468. The van der Waals surface area contributed by atoms with Gasteiger partial charge in [0.2, 0.25) is 0 Å². The number of nitro benzene ring substituents is 1. The second-order valence-electron chi connectivity index (χ2n) is 4.79. The number of carbonyl (C=O) groups is 2. The number of benzene rings is 1. The minimum absolute atomic E-state index is 0.124. The van der Waals surface area contributed by atoms with Gasteiger partial charge in [0.25, 0.3) is 23.1 Å². The normalized spacial score (nSPS) is 12.9. The maximum absolute atomic E-state index is 12.3. The summed E-state index contributed by atoms with van der Waals surface area (Å²) in [6.45, 7) is 0. The fourth-order valence-electron chi connectivity index (χ4n) is 2.38. The van der Waals surface area contributed by atoms with Gasteiger partial charge in [-0.2, -0.15) is 0 Å². The third-order valence-electron chi connectivity index (χ3n) is 3.39. The second-order valence-corrected chi connectivity index (χ2v) is 5.60. The number of nitrogens with zero attached hydrogens (tertiary/aromatic N) is 2. The zero-order valence-corrected chi connectivity index (χ0v) is 13.0. The molecule has 1 aliphatic rings. The third kappa shape index (κ3) is 2.22. The minimum Gasteiger partial charge on any atom is -0.384 e. The molecule has 3 rings (SSSR count). The van der Waals surface area contributed by atoms with E-state index >= 15 is 0 Å². The predicted octanol–water partition coefficient (Wildman–Crippen LogP) is 1.52. The van der Waals surface area contributed by atoms with E-state index in [0.717, 1.165) is 22.8 Å². The molecule has 0 unspecified atom stereocenters. The monoisotopic (exact) mass is 368 g/mol. The van der Waals surface area contributed by atoms with Crippen molar-refractivity contribution in [2.75, 3.05) is 5.73 Å². The average Bonchev–Trinajstić information content (AvgIpc) is 2.75. The molecule has 122 valence electrons. The number of imide groups is 1. The van der Waals surface area contributed by atoms with E-state index in [0.29, 0.717) is 0 Å². The van der Waals surface area contributed by atoms with Crippen LogP contribution in [0, 0.1) is 10.1 Å². The lowest BCUT2D eigenvalue weighted by Crippen LogP contribution is -2.24. The van der Waals surface area contributed by atoms with E-state index in [9.17, 15) is 24.5 Å². The van der Waals surface area contributed by atoms with Gasteiger partial charge in [-0.15, -0.1) is 0 Å². The van der Waals surface area contributed by atoms with E-state index in [-0.39, 0.29) is 38.4 Å². The molecule has 24 heavy (non-hydrogen) atoms. The molecule has 2 amide bonds. The first-order valence-corrected chi connectivity index (χ1v) is 7.03. The maximum atomic E-state index is 12.3. The molecule has 2 heterocycles. The van der Waals surface area contributed by atoms with Gasteiger partial charge in [-0.25, -0.2) is 0 Å². The van der Waals surface area contributed by atoms with Crippen LogP contribution in [0.1, 0.15) is 20.7 Å². The molecule has 1 aliphatic heterocycles. The van der Waals surface area contributed by atoms with E-state index in [1.807, 2.05) is 5.32 Å². The first kappa shape index (κ1) is 16.0. The van der Waals surface area contributed by atoms with Gasteiger partial charge in [0.05, 0.1) is 31.8 Å². The van der Waals surface area contributed by atoms with Crippen LogP contribution in [0.15, 0.2) is 23.0 Å². The molecule has 11 heteroatoms. The van der Waals surface area contributed by atoms with Crippen molar-refractivity contribution in [3.63, 3.8) is 0 Å². The number of carbonyl (C=O) groups excluding carboxylic acids is 2. The topological polar surface area (TPSA) is 137 Å². The summed E-state index contributed by atoms with van der Waals surface area (Å²) in [5, 5.41) is 12.4. The molecule has 1 aromatic heterocycles. The molecule has 0 radical (unpaired) electrons. The molecule has 0 fully saturated rings. The highest BCUT2D eigenvalue weighted by Crippen LogP contribution is 2.35. The summed E-state index contributed by atoms with van der Waals surface area (Å²) in [5.74, 6) is -1.86. The van der Waals surface area contributed by atoms with Crippen molar-refractivity contribution in [1.29, 1.82) is 0 Å². The number of hydrogen-bond donors (Lipinski definition) is 2. The van der Waals surface area contributed by atoms with Crippen molar-refractivity contribution < 1.29 is 14.5 Å². The first-order valence-electron chi connectivity index (χ1n) is 6.27. The van der Waals surface area contributed by atoms with Crippen LogP contribution in [-0.2, 0) is 0 Å². The van der Waals surface area contributed by atoms with Crippen molar-refractivity contribution >= 4 is 46.5 Å². The highest BCUT2D eigenvalue weighted by Gasteiger charge is 2.32. The number of non-ortho nitro benzene ring substituents is 1. The Morgan fingerprint density at radius 2 is 1.67 bits per heavy atom. The molecule has 0 bridgehead atoms. The fourth-order valence-corrected chi connectivity index (χ4v) is 3.03. The van der Waals surface area contributed by atoms with Gasteiger partial charge in [-0.3, -0.25) is 34.4 Å². The SMILES string of the molecule is Nc1c2c(cc(=O)n1-c1c(Cl)cc([N+](=O)[O-])cc1Cl)C(=O)NC2=O. The standard InChI is InChI=1S/C13H6Cl2N4O5/c14-6-1-4(19(23)24)2-7(15)10(6)18-8(20)3-5-9(11(18)16)13(22)17-12(5)21/h1-3H,16H2,(H,17,21,22). The third-order valence-corrected chi connectivity index (χ3v) is 3.97. The number of nitrogens with one attached hydrogen (secondary N) is 1. The summed E-state index contributed by atoms with van der Waals surface area (Å²) >= 11 is 12.0. The van der Waals surface area contributed by atoms with Gasteiger partial charge in [0.1, 0.15) is 5.82 Å². The zero-order valence-electron chi connectivity index (χ0n) is 11.5. The lowest BCUT2D eigenvalue weighted by molar-refractivity contribution is -0.384. The number of anilines is 1. The van der Waals surface area contributed by atoms with Crippen molar-refractivity contribution in [3.05, 3.63) is 59.8 Å². The van der Waals surface area contributed by atoms with Gasteiger partial charge >= 0.3 is 0 Å². The number of nitro groups is 1. The van der Waals surface area contributed by atoms with Crippen LogP contribution in [0.5, 0.6) is 0 Å². The molecular weight excluding hydrogens is 363 g/mol. The fraction of sp³-hybridized carbons (Fsp3) is 0. The van der Waals surface area contributed by atoms with Crippen molar-refractivity contribution in [3.8, 4) is 5.69 Å². The van der Waals surface area contributed by atoms with E-state index < -0.39 is 22.3 Å². The molecule has 0 atom stereocenters. The van der Waals surface area contributed by atoms with E-state index in [4.69, 9.17) is 28.9 Å². The number of aromatic nitrogens is 1. The number of halogens is 2. The van der Waals surface area contributed by atoms with Crippen molar-refractivity contribution in [1.82, 2.24) is 9.88 Å². The molecule has 0 aliphatic carbocycles. The zero-order chi connectivity index (χ0) is 17.8. The van der Waals surface area contributed by atoms with E-state index in [2.05, 4.69) is 0 Å². The smallest absolute Gasteiger partial charge is 0.272 e. The lowest BCUT2D eigenvalue weighted by atomic mass is 10.1. The molecule has 0 spiro atoms. The van der Waals surface area contributed by atoms with Crippen LogP contribution in [0.4, 0.5) is 11.5 Å². The van der Waals surface area contributed by atoms with Crippen LogP contribution < -0.4 is 16.6 Å². The molecular formula is C13H6Cl2N4O5. The number of nitrogen functional groups attached to an aromatic ring is 1. The van der Waals surface area contributed by atoms with Crippen LogP contribution in [0.3, 0.4) is 0 Å². The Morgan fingerprint density at radius 1 is 1.08 bits per heavy atom. The summed E-state index contributed by atoms with van der Waals surface area (Å²) in [5.41, 5.74) is 4.23. The summed E-state index contributed by atoms with van der Waals surface area (Å²) in [4.78, 5) is 45.9. The number of hydrogen-bond acceptors (Lipinski definition) is 6. The average molecular weight is 369 g/mol. The Kier molecular flexibility index (Phi) is 3.54. The number of rotatable bonds is 2. The number of amides is 2. The van der Waals surface area contributed by atoms with Gasteiger partial charge in [-0.1, -0.05) is 23.2 Å². The van der Waals surface area contributed by atoms with Gasteiger partial charge in [0, 0.05) is 18.2 Å². The molecule has 3 N–H and O–H groups in total. The molecule has 9 nitrogen and oxygen atoms in total. The number of pyridine rings is 1. The van der Waals surface area contributed by atoms with Crippen LogP contribution in [-0.4, -0.2) is 21.3 Å².